The highest BCUT2D eigenvalue weighted by atomic mass is 16.6. The van der Waals surface area contributed by atoms with Crippen LogP contribution in [0, 0.1) is 0 Å². The molecule has 0 radical (unpaired) electrons. The van der Waals surface area contributed by atoms with E-state index >= 15 is 0 Å². The average molecular weight is 629 g/mol. The van der Waals surface area contributed by atoms with Gasteiger partial charge in [0.1, 0.15) is 11.5 Å². The first-order valence-electron chi connectivity index (χ1n) is 15.4. The van der Waals surface area contributed by atoms with Crippen molar-refractivity contribution in [2.24, 2.45) is 0 Å². The van der Waals surface area contributed by atoms with Gasteiger partial charge in [-0.05, 0) is 24.3 Å². The molecule has 0 saturated heterocycles. The normalized spacial score (nSPS) is 12.9. The first-order valence-corrected chi connectivity index (χ1v) is 15.4. The molecule has 2 aromatic heterocycles. The molecule has 0 atom stereocenters. The van der Waals surface area contributed by atoms with Crippen LogP contribution in [-0.4, -0.2) is 49.6 Å². The van der Waals surface area contributed by atoms with Crippen molar-refractivity contribution in [2.45, 2.75) is 33.4 Å². The van der Waals surface area contributed by atoms with Gasteiger partial charge < -0.3 is 20.1 Å². The van der Waals surface area contributed by atoms with Crippen LogP contribution in [0.2, 0.25) is 0 Å². The molecule has 0 fully saturated rings. The number of carbonyl (C=O) groups excluding carboxylic acids is 1. The summed E-state index contributed by atoms with van der Waals surface area (Å²) in [5.41, 5.74) is 9.02. The maximum Gasteiger partial charge on any atom is 0.415 e. The Morgan fingerprint density at radius 3 is 1.74 bits per heavy atom. The summed E-state index contributed by atoms with van der Waals surface area (Å²) in [5.74, 6) is 0.881. The first-order chi connectivity index (χ1) is 22.7. The molecular weight excluding hydrogens is 588 g/mol. The van der Waals surface area contributed by atoms with Crippen LogP contribution in [-0.2, 0) is 25.9 Å². The largest absolute Gasteiger partial charge is 0.508 e. The van der Waals surface area contributed by atoms with E-state index in [0.29, 0.717) is 24.6 Å². The van der Waals surface area contributed by atoms with Crippen molar-refractivity contribution in [3.05, 3.63) is 144 Å². The molecule has 0 unspecified atom stereocenters. The summed E-state index contributed by atoms with van der Waals surface area (Å²) in [6.07, 6.45) is 1.47. The highest BCUT2D eigenvalue weighted by molar-refractivity contribution is 5.72. The summed E-state index contributed by atoms with van der Waals surface area (Å²) < 4.78 is 5.45. The molecule has 0 bridgehead atoms. The van der Waals surface area contributed by atoms with Crippen LogP contribution in [0.15, 0.2) is 121 Å². The molecule has 240 valence electrons. The van der Waals surface area contributed by atoms with Crippen LogP contribution in [0.25, 0.3) is 22.5 Å². The number of hydrogen-bond donors (Lipinski definition) is 4. The number of ether oxygens (including phenoxy) is 1. The number of H-pyrrole nitrogens is 2. The number of aromatic amines is 2. The molecule has 8 rings (SSSR count). The number of phenols is 1. The second-order valence-electron chi connectivity index (χ2n) is 10.9. The summed E-state index contributed by atoms with van der Waals surface area (Å²) in [6.45, 7) is 3.09. The van der Waals surface area contributed by atoms with Gasteiger partial charge in [0, 0.05) is 66.1 Å². The molecule has 4 aromatic carbocycles. The van der Waals surface area contributed by atoms with Crippen LogP contribution in [0.1, 0.15) is 29.9 Å². The standard InChI is InChI=1S/C19H17N3O2.C12H13N3.C6H6O.CH4/c23-19(24-15-9-5-2-6-10-15)22-12-11-17-16(13-22)18(21-20-17)14-7-3-1-4-8-14;1-2-4-9(5-3-1)12-10-8-13-7-6-11(10)14-15-12;7-6-4-2-1-3-5-6;/h1-10H,11-13H2,(H,20,21);1-5,13H,6-8H2,(H,14,15);1-5,7H;1H4. The summed E-state index contributed by atoms with van der Waals surface area (Å²) in [6, 6.07) is 38.2. The van der Waals surface area contributed by atoms with E-state index in [1.165, 1.54) is 16.8 Å². The monoisotopic (exact) mass is 628 g/mol. The quantitative estimate of drug-likeness (QED) is 0.162. The van der Waals surface area contributed by atoms with Gasteiger partial charge in [0.25, 0.3) is 0 Å². The molecule has 0 saturated carbocycles. The predicted octanol–water partition coefficient (Wildman–Crippen LogP) is 7.38. The topological polar surface area (TPSA) is 119 Å². The van der Waals surface area contributed by atoms with Crippen LogP contribution < -0.4 is 10.1 Å². The third-order valence-electron chi connectivity index (χ3n) is 7.80. The number of aromatic hydroxyl groups is 1. The van der Waals surface area contributed by atoms with Crippen LogP contribution in [0.3, 0.4) is 0 Å². The third kappa shape index (κ3) is 8.33. The van der Waals surface area contributed by atoms with Crippen molar-refractivity contribution < 1.29 is 14.6 Å². The van der Waals surface area contributed by atoms with E-state index in [-0.39, 0.29) is 13.5 Å². The Kier molecular flexibility index (Phi) is 11.2. The molecule has 4 heterocycles. The Bertz CT molecular complexity index is 1820. The Hall–Kier alpha value is -5.67. The van der Waals surface area contributed by atoms with Gasteiger partial charge in [-0.15, -0.1) is 0 Å². The number of rotatable bonds is 3. The molecule has 1 amide bonds. The Morgan fingerprint density at radius 2 is 1.19 bits per heavy atom. The molecule has 4 N–H and O–H groups in total. The van der Waals surface area contributed by atoms with Gasteiger partial charge in [-0.3, -0.25) is 10.2 Å². The fourth-order valence-corrected chi connectivity index (χ4v) is 5.43. The number of hydrogen-bond acceptors (Lipinski definition) is 6. The first kappa shape index (κ1) is 32.7. The molecule has 9 nitrogen and oxygen atoms in total. The molecule has 2 aliphatic heterocycles. The summed E-state index contributed by atoms with van der Waals surface area (Å²) in [4.78, 5) is 14.1. The lowest BCUT2D eigenvalue weighted by Gasteiger charge is -2.26. The molecule has 0 spiro atoms. The minimum Gasteiger partial charge on any atom is -0.508 e. The number of para-hydroxylation sites is 2. The zero-order chi connectivity index (χ0) is 31.6. The van der Waals surface area contributed by atoms with Crippen LogP contribution >= 0.6 is 0 Å². The van der Waals surface area contributed by atoms with Crippen molar-refractivity contribution in [3.63, 3.8) is 0 Å². The minimum atomic E-state index is -0.327. The molecule has 47 heavy (non-hydrogen) atoms. The van der Waals surface area contributed by atoms with E-state index in [9.17, 15) is 4.79 Å². The molecule has 9 heteroatoms. The minimum absolute atomic E-state index is 0. The fourth-order valence-electron chi connectivity index (χ4n) is 5.43. The number of fused-ring (bicyclic) bond motifs is 2. The fraction of sp³-hybridized carbons (Fsp3) is 0.184. The van der Waals surface area contributed by atoms with Gasteiger partial charge in [-0.25, -0.2) is 4.79 Å². The van der Waals surface area contributed by atoms with Gasteiger partial charge >= 0.3 is 6.09 Å². The predicted molar refractivity (Wildman–Crippen MR) is 185 cm³/mol. The van der Waals surface area contributed by atoms with Crippen molar-refractivity contribution >= 4 is 6.09 Å². The van der Waals surface area contributed by atoms with E-state index in [4.69, 9.17) is 9.84 Å². The van der Waals surface area contributed by atoms with Crippen LogP contribution in [0.4, 0.5) is 4.79 Å². The van der Waals surface area contributed by atoms with E-state index in [0.717, 1.165) is 54.1 Å². The number of amides is 1. The van der Waals surface area contributed by atoms with E-state index < -0.39 is 0 Å². The van der Waals surface area contributed by atoms with E-state index in [1.807, 2.05) is 72.8 Å². The van der Waals surface area contributed by atoms with Crippen LogP contribution in [0.5, 0.6) is 11.5 Å². The number of benzene rings is 4. The summed E-state index contributed by atoms with van der Waals surface area (Å²) in [5, 5.41) is 27.1. The molecular formula is C38H40N6O3. The Morgan fingerprint density at radius 1 is 0.681 bits per heavy atom. The lowest BCUT2D eigenvalue weighted by Crippen LogP contribution is -2.37. The SMILES string of the molecule is C.O=C(Oc1ccccc1)N1CCc2[nH]nc(-c3ccccc3)c2C1.Oc1ccccc1.c1ccc(-c2n[nH]c3c2CNCC3)cc1. The number of phenolic OH excluding ortho intramolecular Hbond substituents is 1. The second kappa shape index (κ2) is 16.1. The Labute approximate surface area is 275 Å². The molecule has 6 aromatic rings. The number of nitrogens with one attached hydrogen (secondary N) is 3. The van der Waals surface area contributed by atoms with Crippen molar-refractivity contribution in [1.29, 1.82) is 0 Å². The number of nitrogens with zero attached hydrogens (tertiary/aromatic N) is 3. The average Bonchev–Trinajstić information content (AvgIpc) is 3.75. The van der Waals surface area contributed by atoms with Crippen molar-refractivity contribution in [2.75, 3.05) is 13.1 Å². The zero-order valence-electron chi connectivity index (χ0n) is 25.4. The van der Waals surface area contributed by atoms with Gasteiger partial charge in [-0.1, -0.05) is 104 Å². The highest BCUT2D eigenvalue weighted by Gasteiger charge is 2.27. The summed E-state index contributed by atoms with van der Waals surface area (Å²) >= 11 is 0. The van der Waals surface area contributed by atoms with Gasteiger partial charge in [0.05, 0.1) is 17.9 Å². The third-order valence-corrected chi connectivity index (χ3v) is 7.80. The highest BCUT2D eigenvalue weighted by Crippen LogP contribution is 2.29. The van der Waals surface area contributed by atoms with Crippen molar-refractivity contribution in [3.8, 4) is 34.0 Å². The summed E-state index contributed by atoms with van der Waals surface area (Å²) in [7, 11) is 0. The van der Waals surface area contributed by atoms with Crippen molar-refractivity contribution in [1.82, 2.24) is 30.6 Å². The maximum absolute atomic E-state index is 12.4. The molecule has 0 aliphatic carbocycles. The maximum atomic E-state index is 12.4. The number of aromatic nitrogens is 4. The number of carbonyl (C=O) groups is 1. The smallest absolute Gasteiger partial charge is 0.415 e. The second-order valence-corrected chi connectivity index (χ2v) is 10.9. The lowest BCUT2D eigenvalue weighted by molar-refractivity contribution is 0.147. The van der Waals surface area contributed by atoms with E-state index in [1.54, 1.807) is 41.3 Å². The lowest BCUT2D eigenvalue weighted by atomic mass is 10.0. The Balaban J connectivity index is 0.000000160. The zero-order valence-corrected chi connectivity index (χ0v) is 25.4. The van der Waals surface area contributed by atoms with Gasteiger partial charge in [-0.2, -0.15) is 10.2 Å². The van der Waals surface area contributed by atoms with Gasteiger partial charge in [0.15, 0.2) is 0 Å². The molecule has 2 aliphatic rings. The van der Waals surface area contributed by atoms with Gasteiger partial charge in [0.2, 0.25) is 0 Å². The van der Waals surface area contributed by atoms with E-state index in [2.05, 4.69) is 37.8 Å².